The van der Waals surface area contributed by atoms with Crippen LogP contribution in [0.2, 0.25) is 0 Å². The second-order valence-electron chi connectivity index (χ2n) is 4.20. The van der Waals surface area contributed by atoms with E-state index >= 15 is 0 Å². The average Bonchev–Trinajstić information content (AvgIpc) is 2.27. The number of nitrogens with one attached hydrogen (secondary N) is 1. The van der Waals surface area contributed by atoms with Gasteiger partial charge in [0, 0.05) is 13.2 Å². The van der Waals surface area contributed by atoms with Crippen LogP contribution in [-0.4, -0.2) is 25.8 Å². The highest BCUT2D eigenvalue weighted by Gasteiger charge is 2.38. The van der Waals surface area contributed by atoms with E-state index in [4.69, 9.17) is 4.74 Å². The third-order valence-electron chi connectivity index (χ3n) is 3.49. The maximum absolute atomic E-state index is 5.77. The van der Waals surface area contributed by atoms with Crippen LogP contribution < -0.4 is 5.32 Å². The summed E-state index contributed by atoms with van der Waals surface area (Å²) in [6.45, 7) is 3.81. The van der Waals surface area contributed by atoms with Gasteiger partial charge in [-0.15, -0.1) is 6.58 Å². The van der Waals surface area contributed by atoms with Gasteiger partial charge in [-0.2, -0.15) is 0 Å². The molecule has 2 nitrogen and oxygen atoms in total. The molecule has 1 aliphatic rings. The molecular formula is C12H23NO. The summed E-state index contributed by atoms with van der Waals surface area (Å²) in [6, 6.07) is 0.422. The number of methoxy groups -OCH3 is 1. The van der Waals surface area contributed by atoms with Gasteiger partial charge in [0.05, 0.1) is 5.60 Å². The number of likely N-dealkylation sites (N-methyl/N-ethyl adjacent to an activating group) is 1. The second-order valence-corrected chi connectivity index (χ2v) is 4.20. The van der Waals surface area contributed by atoms with Crippen LogP contribution in [0.5, 0.6) is 0 Å². The number of hydrogen-bond donors (Lipinski definition) is 1. The van der Waals surface area contributed by atoms with Crippen molar-refractivity contribution < 1.29 is 4.74 Å². The zero-order valence-corrected chi connectivity index (χ0v) is 9.51. The monoisotopic (exact) mass is 197 g/mol. The smallest absolute Gasteiger partial charge is 0.0833 e. The van der Waals surface area contributed by atoms with E-state index in [1.807, 2.05) is 20.2 Å². The molecule has 82 valence electrons. The van der Waals surface area contributed by atoms with Gasteiger partial charge in [-0.25, -0.2) is 0 Å². The Bertz CT molecular complexity index is 173. The predicted molar refractivity (Wildman–Crippen MR) is 60.5 cm³/mol. The number of rotatable bonds is 5. The molecule has 0 aromatic carbocycles. The minimum absolute atomic E-state index is 0.0567. The molecule has 0 saturated heterocycles. The third kappa shape index (κ3) is 2.37. The Morgan fingerprint density at radius 2 is 2.07 bits per heavy atom. The predicted octanol–water partition coefficient (Wildman–Crippen LogP) is 2.50. The maximum atomic E-state index is 5.77. The summed E-state index contributed by atoms with van der Waals surface area (Å²) in [4.78, 5) is 0. The Balaban J connectivity index is 2.68. The molecule has 1 unspecified atom stereocenters. The van der Waals surface area contributed by atoms with E-state index in [0.29, 0.717) is 6.04 Å². The second kappa shape index (κ2) is 5.52. The van der Waals surface area contributed by atoms with E-state index in [1.165, 1.54) is 32.1 Å². The van der Waals surface area contributed by atoms with Gasteiger partial charge in [0.25, 0.3) is 0 Å². The topological polar surface area (TPSA) is 21.3 Å². The lowest BCUT2D eigenvalue weighted by molar-refractivity contribution is -0.0650. The molecule has 0 amide bonds. The summed E-state index contributed by atoms with van der Waals surface area (Å²) in [6.07, 6.45) is 9.29. The molecule has 14 heavy (non-hydrogen) atoms. The van der Waals surface area contributed by atoms with Crippen LogP contribution in [0, 0.1) is 0 Å². The molecule has 0 radical (unpaired) electrons. The molecule has 0 aliphatic heterocycles. The minimum atomic E-state index is 0.0567. The highest BCUT2D eigenvalue weighted by Crippen LogP contribution is 2.35. The van der Waals surface area contributed by atoms with E-state index < -0.39 is 0 Å². The van der Waals surface area contributed by atoms with Crippen molar-refractivity contribution >= 4 is 0 Å². The molecule has 0 spiro atoms. The Kier molecular flexibility index (Phi) is 4.63. The van der Waals surface area contributed by atoms with Gasteiger partial charge in [0.1, 0.15) is 0 Å². The lowest BCUT2D eigenvalue weighted by atomic mass is 9.78. The zero-order chi connectivity index (χ0) is 10.4. The van der Waals surface area contributed by atoms with Crippen molar-refractivity contribution in [1.29, 1.82) is 0 Å². The summed E-state index contributed by atoms with van der Waals surface area (Å²) in [5, 5.41) is 3.37. The van der Waals surface area contributed by atoms with Crippen molar-refractivity contribution in [3.05, 3.63) is 12.7 Å². The Labute approximate surface area is 87.7 Å². The first-order valence-electron chi connectivity index (χ1n) is 5.62. The quantitative estimate of drug-likeness (QED) is 0.684. The Morgan fingerprint density at radius 3 is 2.50 bits per heavy atom. The summed E-state index contributed by atoms with van der Waals surface area (Å²) in [7, 11) is 3.86. The van der Waals surface area contributed by atoms with Crippen LogP contribution in [0.3, 0.4) is 0 Å². The highest BCUT2D eigenvalue weighted by molar-refractivity contribution is 4.97. The molecule has 0 aromatic rings. The lowest BCUT2D eigenvalue weighted by Gasteiger charge is -2.42. The highest BCUT2D eigenvalue weighted by atomic mass is 16.5. The van der Waals surface area contributed by atoms with E-state index in [9.17, 15) is 0 Å². The third-order valence-corrected chi connectivity index (χ3v) is 3.49. The minimum Gasteiger partial charge on any atom is -0.377 e. The van der Waals surface area contributed by atoms with E-state index in [-0.39, 0.29) is 5.60 Å². The fraction of sp³-hybridized carbons (Fsp3) is 0.833. The molecule has 1 saturated carbocycles. The van der Waals surface area contributed by atoms with Crippen molar-refractivity contribution in [2.75, 3.05) is 14.2 Å². The molecule has 0 aromatic heterocycles. The fourth-order valence-electron chi connectivity index (χ4n) is 2.61. The van der Waals surface area contributed by atoms with Crippen molar-refractivity contribution in [3.63, 3.8) is 0 Å². The van der Waals surface area contributed by atoms with Gasteiger partial charge in [-0.05, 0) is 26.3 Å². The largest absolute Gasteiger partial charge is 0.377 e. The van der Waals surface area contributed by atoms with Gasteiger partial charge >= 0.3 is 0 Å². The molecule has 0 bridgehead atoms. The molecule has 2 heteroatoms. The van der Waals surface area contributed by atoms with Crippen LogP contribution in [0.1, 0.15) is 38.5 Å². The molecule has 1 aliphatic carbocycles. The van der Waals surface area contributed by atoms with E-state index in [1.54, 1.807) is 0 Å². The van der Waals surface area contributed by atoms with Gasteiger partial charge in [0.15, 0.2) is 0 Å². The van der Waals surface area contributed by atoms with Crippen molar-refractivity contribution in [2.24, 2.45) is 0 Å². The standard InChI is InChI=1S/C12H23NO/c1-4-8-11(13-2)12(14-3)9-6-5-7-10-12/h4,11,13H,1,5-10H2,2-3H3. The molecule has 1 atom stereocenters. The Morgan fingerprint density at radius 1 is 1.43 bits per heavy atom. The summed E-state index contributed by atoms with van der Waals surface area (Å²) < 4.78 is 5.77. The molecule has 1 rings (SSSR count). The Hall–Kier alpha value is -0.340. The van der Waals surface area contributed by atoms with Crippen molar-refractivity contribution in [1.82, 2.24) is 5.32 Å². The van der Waals surface area contributed by atoms with Gasteiger partial charge < -0.3 is 10.1 Å². The van der Waals surface area contributed by atoms with E-state index in [0.717, 1.165) is 6.42 Å². The summed E-state index contributed by atoms with van der Waals surface area (Å²) >= 11 is 0. The first kappa shape index (κ1) is 11.7. The first-order chi connectivity index (χ1) is 6.79. The van der Waals surface area contributed by atoms with Crippen LogP contribution in [0.15, 0.2) is 12.7 Å². The van der Waals surface area contributed by atoms with Gasteiger partial charge in [0.2, 0.25) is 0 Å². The molecular weight excluding hydrogens is 174 g/mol. The van der Waals surface area contributed by atoms with Crippen LogP contribution in [0.4, 0.5) is 0 Å². The number of ether oxygens (including phenoxy) is 1. The van der Waals surface area contributed by atoms with Crippen LogP contribution in [-0.2, 0) is 4.74 Å². The van der Waals surface area contributed by atoms with Gasteiger partial charge in [-0.1, -0.05) is 25.3 Å². The average molecular weight is 197 g/mol. The maximum Gasteiger partial charge on any atom is 0.0833 e. The molecule has 1 fully saturated rings. The van der Waals surface area contributed by atoms with E-state index in [2.05, 4.69) is 11.9 Å². The fourth-order valence-corrected chi connectivity index (χ4v) is 2.61. The van der Waals surface area contributed by atoms with Gasteiger partial charge in [-0.3, -0.25) is 0 Å². The van der Waals surface area contributed by atoms with Crippen molar-refractivity contribution in [2.45, 2.75) is 50.2 Å². The first-order valence-corrected chi connectivity index (χ1v) is 5.62. The molecule has 1 N–H and O–H groups in total. The van der Waals surface area contributed by atoms with Crippen molar-refractivity contribution in [3.8, 4) is 0 Å². The summed E-state index contributed by atoms with van der Waals surface area (Å²) in [5.74, 6) is 0. The van der Waals surface area contributed by atoms with Crippen LogP contribution >= 0.6 is 0 Å². The lowest BCUT2D eigenvalue weighted by Crippen LogP contribution is -2.51. The SMILES string of the molecule is C=CCC(NC)C1(OC)CCCCC1. The zero-order valence-electron chi connectivity index (χ0n) is 9.51. The number of hydrogen-bond acceptors (Lipinski definition) is 2. The summed E-state index contributed by atoms with van der Waals surface area (Å²) in [5.41, 5.74) is 0.0567. The van der Waals surface area contributed by atoms with Crippen LogP contribution in [0.25, 0.3) is 0 Å². The molecule has 0 heterocycles. The normalized spacial score (nSPS) is 23.0.